The van der Waals surface area contributed by atoms with Gasteiger partial charge >= 0.3 is 0 Å². The Morgan fingerprint density at radius 3 is 2.75 bits per heavy atom. The van der Waals surface area contributed by atoms with Crippen molar-refractivity contribution in [2.24, 2.45) is 11.3 Å². The van der Waals surface area contributed by atoms with E-state index in [1.165, 1.54) is 13.0 Å². The Balaban J connectivity index is 1.72. The average Bonchev–Trinajstić information content (AvgIpc) is 2.92. The smallest absolute Gasteiger partial charge is 0.227 e. The number of likely N-dealkylation sites (tertiary alicyclic amines) is 1. The number of amides is 1. The molecule has 0 spiro atoms. The second kappa shape index (κ2) is 4.72. The normalized spacial score (nSPS) is 28.0. The summed E-state index contributed by atoms with van der Waals surface area (Å²) in [4.78, 5) is 14.3. The van der Waals surface area contributed by atoms with Crippen LogP contribution in [0.1, 0.15) is 19.3 Å². The maximum atomic E-state index is 12.0. The van der Waals surface area contributed by atoms with Gasteiger partial charge in [0, 0.05) is 19.6 Å². The van der Waals surface area contributed by atoms with Gasteiger partial charge in [0.25, 0.3) is 0 Å². The molecular weight excluding hydrogens is 202 g/mol. The summed E-state index contributed by atoms with van der Waals surface area (Å²) in [7, 11) is 4.06. The molecule has 0 aromatic rings. The Hall–Kier alpha value is -0.610. The van der Waals surface area contributed by atoms with E-state index in [0.717, 1.165) is 32.5 Å². The zero-order valence-electron chi connectivity index (χ0n) is 10.4. The van der Waals surface area contributed by atoms with E-state index in [1.54, 1.807) is 0 Å². The van der Waals surface area contributed by atoms with E-state index in [1.807, 2.05) is 7.05 Å². The van der Waals surface area contributed by atoms with Gasteiger partial charge in [0.15, 0.2) is 0 Å². The lowest BCUT2D eigenvalue weighted by Gasteiger charge is -2.17. The molecule has 0 aromatic carbocycles. The van der Waals surface area contributed by atoms with Crippen molar-refractivity contribution in [2.75, 3.05) is 40.3 Å². The molecule has 1 atom stereocenters. The van der Waals surface area contributed by atoms with Crippen LogP contribution in [0.3, 0.4) is 0 Å². The fraction of sp³-hybridized carbons (Fsp3) is 0.917. The summed E-state index contributed by atoms with van der Waals surface area (Å²) in [5, 5.41) is 6.24. The zero-order valence-corrected chi connectivity index (χ0v) is 10.4. The molecular formula is C12H23N3O. The topological polar surface area (TPSA) is 44.4 Å². The summed E-state index contributed by atoms with van der Waals surface area (Å²) in [6.07, 6.45) is 3.31. The highest BCUT2D eigenvalue weighted by Gasteiger charge is 2.49. The van der Waals surface area contributed by atoms with E-state index in [-0.39, 0.29) is 11.3 Å². The number of nitrogens with one attached hydrogen (secondary N) is 2. The number of carbonyl (C=O) groups excluding carboxylic acids is 1. The fourth-order valence-electron chi connectivity index (χ4n) is 2.59. The maximum absolute atomic E-state index is 12.0. The molecule has 1 amide bonds. The van der Waals surface area contributed by atoms with Gasteiger partial charge in [0.05, 0.1) is 5.41 Å². The third kappa shape index (κ3) is 2.55. The van der Waals surface area contributed by atoms with Gasteiger partial charge in [0.2, 0.25) is 5.91 Å². The van der Waals surface area contributed by atoms with Gasteiger partial charge in [-0.1, -0.05) is 0 Å². The SMILES string of the molecule is CNCC1(C(=O)NCC2CCN(C)C2)CC1. The minimum absolute atomic E-state index is 0.0702. The number of hydrogen-bond acceptors (Lipinski definition) is 3. The molecule has 4 heteroatoms. The largest absolute Gasteiger partial charge is 0.355 e. The van der Waals surface area contributed by atoms with E-state index < -0.39 is 0 Å². The maximum Gasteiger partial charge on any atom is 0.227 e. The second-order valence-electron chi connectivity index (χ2n) is 5.44. The standard InChI is InChI=1S/C12H23N3O/c1-13-9-12(4-5-12)11(16)14-7-10-3-6-15(2)8-10/h10,13H,3-9H2,1-2H3,(H,14,16). The van der Waals surface area contributed by atoms with E-state index in [9.17, 15) is 4.79 Å². The molecule has 2 aliphatic rings. The molecule has 2 N–H and O–H groups in total. The summed E-state index contributed by atoms with van der Waals surface area (Å²) in [5.41, 5.74) is -0.0702. The number of carbonyl (C=O) groups is 1. The third-order valence-corrected chi connectivity index (χ3v) is 3.89. The predicted octanol–water partition coefficient (Wildman–Crippen LogP) is 0.0539. The summed E-state index contributed by atoms with van der Waals surface area (Å²) >= 11 is 0. The molecule has 92 valence electrons. The van der Waals surface area contributed by atoms with Gasteiger partial charge in [-0.2, -0.15) is 0 Å². The summed E-state index contributed by atoms with van der Waals surface area (Å²) < 4.78 is 0. The highest BCUT2D eigenvalue weighted by Crippen LogP contribution is 2.45. The number of nitrogens with zero attached hydrogens (tertiary/aromatic N) is 1. The van der Waals surface area contributed by atoms with Gasteiger partial charge in [0.1, 0.15) is 0 Å². The molecule has 1 saturated heterocycles. The van der Waals surface area contributed by atoms with E-state index in [4.69, 9.17) is 0 Å². The monoisotopic (exact) mass is 225 g/mol. The summed E-state index contributed by atoms with van der Waals surface area (Å²) in [6, 6.07) is 0. The molecule has 1 saturated carbocycles. The van der Waals surface area contributed by atoms with Crippen molar-refractivity contribution in [3.63, 3.8) is 0 Å². The number of rotatable bonds is 5. The van der Waals surface area contributed by atoms with Gasteiger partial charge in [-0.25, -0.2) is 0 Å². The minimum Gasteiger partial charge on any atom is -0.355 e. The van der Waals surface area contributed by atoms with Crippen molar-refractivity contribution < 1.29 is 4.79 Å². The van der Waals surface area contributed by atoms with Crippen LogP contribution in [0.5, 0.6) is 0 Å². The van der Waals surface area contributed by atoms with Crippen molar-refractivity contribution >= 4 is 5.91 Å². The lowest BCUT2D eigenvalue weighted by atomic mass is 10.1. The molecule has 1 aliphatic carbocycles. The number of hydrogen-bond donors (Lipinski definition) is 2. The van der Waals surface area contributed by atoms with Crippen LogP contribution < -0.4 is 10.6 Å². The molecule has 1 heterocycles. The molecule has 2 rings (SSSR count). The van der Waals surface area contributed by atoms with Crippen molar-refractivity contribution in [1.82, 2.24) is 15.5 Å². The molecule has 1 unspecified atom stereocenters. The molecule has 16 heavy (non-hydrogen) atoms. The van der Waals surface area contributed by atoms with E-state index in [2.05, 4.69) is 22.6 Å². The van der Waals surface area contributed by atoms with E-state index >= 15 is 0 Å². The van der Waals surface area contributed by atoms with Crippen LogP contribution in [0, 0.1) is 11.3 Å². The van der Waals surface area contributed by atoms with Crippen molar-refractivity contribution in [3.8, 4) is 0 Å². The van der Waals surface area contributed by atoms with Crippen LogP contribution in [0.4, 0.5) is 0 Å². The Kier molecular flexibility index (Phi) is 3.50. The van der Waals surface area contributed by atoms with Crippen LogP contribution in [-0.4, -0.2) is 51.1 Å². The van der Waals surface area contributed by atoms with Crippen molar-refractivity contribution in [3.05, 3.63) is 0 Å². The molecule has 0 radical (unpaired) electrons. The highest BCUT2D eigenvalue weighted by molar-refractivity contribution is 5.85. The van der Waals surface area contributed by atoms with Crippen LogP contribution >= 0.6 is 0 Å². The highest BCUT2D eigenvalue weighted by atomic mass is 16.2. The molecule has 1 aliphatic heterocycles. The molecule has 4 nitrogen and oxygen atoms in total. The van der Waals surface area contributed by atoms with Gasteiger partial charge in [-0.3, -0.25) is 4.79 Å². The quantitative estimate of drug-likeness (QED) is 0.695. The first-order valence-corrected chi connectivity index (χ1v) is 6.28. The first kappa shape index (κ1) is 11.9. The van der Waals surface area contributed by atoms with Crippen molar-refractivity contribution in [1.29, 1.82) is 0 Å². The predicted molar refractivity (Wildman–Crippen MR) is 64.2 cm³/mol. The zero-order chi connectivity index (χ0) is 11.6. The lowest BCUT2D eigenvalue weighted by molar-refractivity contribution is -0.126. The first-order chi connectivity index (χ1) is 7.66. The Morgan fingerprint density at radius 2 is 2.25 bits per heavy atom. The Bertz CT molecular complexity index is 263. The van der Waals surface area contributed by atoms with Crippen LogP contribution in [0.2, 0.25) is 0 Å². The minimum atomic E-state index is -0.0702. The van der Waals surface area contributed by atoms with Gasteiger partial charge in [-0.15, -0.1) is 0 Å². The second-order valence-corrected chi connectivity index (χ2v) is 5.44. The third-order valence-electron chi connectivity index (χ3n) is 3.89. The summed E-state index contributed by atoms with van der Waals surface area (Å²) in [5.74, 6) is 0.913. The molecule has 2 fully saturated rings. The summed E-state index contributed by atoms with van der Waals surface area (Å²) in [6.45, 7) is 3.97. The van der Waals surface area contributed by atoms with Gasteiger partial charge in [-0.05, 0) is 45.8 Å². The fourth-order valence-corrected chi connectivity index (χ4v) is 2.59. The molecule has 0 aromatic heterocycles. The van der Waals surface area contributed by atoms with E-state index in [0.29, 0.717) is 5.92 Å². The lowest BCUT2D eigenvalue weighted by Crippen LogP contribution is -2.40. The first-order valence-electron chi connectivity index (χ1n) is 6.28. The molecule has 0 bridgehead atoms. The van der Waals surface area contributed by atoms with Crippen LogP contribution in [0.25, 0.3) is 0 Å². The van der Waals surface area contributed by atoms with Crippen LogP contribution in [-0.2, 0) is 4.79 Å². The van der Waals surface area contributed by atoms with Crippen molar-refractivity contribution in [2.45, 2.75) is 19.3 Å². The van der Waals surface area contributed by atoms with Gasteiger partial charge < -0.3 is 15.5 Å². The van der Waals surface area contributed by atoms with Crippen LogP contribution in [0.15, 0.2) is 0 Å². The Labute approximate surface area is 97.8 Å². The Morgan fingerprint density at radius 1 is 1.50 bits per heavy atom. The average molecular weight is 225 g/mol.